The van der Waals surface area contributed by atoms with Crippen LogP contribution in [-0.2, 0) is 10.7 Å². The quantitative estimate of drug-likeness (QED) is 0.456. The molecule has 0 amide bonds. The van der Waals surface area contributed by atoms with E-state index in [1.54, 1.807) is 0 Å². The largest absolute Gasteiger partial charge is 1.00 e. The Bertz CT molecular complexity index is 388. The van der Waals surface area contributed by atoms with Gasteiger partial charge in [-0.2, -0.15) is 8.78 Å². The number of carboxylic acid groups (broad SMARTS) is 1. The van der Waals surface area contributed by atoms with Gasteiger partial charge in [-0.15, -0.1) is 0 Å². The molecule has 1 rings (SSSR count). The van der Waals surface area contributed by atoms with Crippen molar-refractivity contribution < 1.29 is 41.9 Å². The van der Waals surface area contributed by atoms with Gasteiger partial charge in [0.05, 0.1) is 0 Å². The minimum Gasteiger partial charge on any atom is -0.544 e. The van der Waals surface area contributed by atoms with Crippen LogP contribution in [-0.4, -0.2) is 11.0 Å². The Morgan fingerprint density at radius 1 is 1.47 bits per heavy atom. The molecule has 3 nitrogen and oxygen atoms in total. The number of aromatic nitrogens is 1. The zero-order chi connectivity index (χ0) is 10.9. The van der Waals surface area contributed by atoms with Crippen molar-refractivity contribution in [2.45, 2.75) is 5.92 Å². The summed E-state index contributed by atoms with van der Waals surface area (Å²) in [7, 11) is 0. The van der Waals surface area contributed by atoms with Crippen LogP contribution in [0.5, 0.6) is 0 Å². The van der Waals surface area contributed by atoms with E-state index < -0.39 is 28.0 Å². The minimum absolute atomic E-state index is 0. The summed E-state index contributed by atoms with van der Waals surface area (Å²) in [4.78, 5) is 13.0. The molecule has 0 aliphatic rings. The minimum atomic E-state index is -4.23. The van der Waals surface area contributed by atoms with E-state index in [1.165, 1.54) is 0 Å². The molecule has 0 saturated carbocycles. The van der Waals surface area contributed by atoms with Crippen molar-refractivity contribution in [2.24, 2.45) is 0 Å². The summed E-state index contributed by atoms with van der Waals surface area (Å²) in [6, 6.07) is 1.26. The summed E-state index contributed by atoms with van der Waals surface area (Å²) in [5, 5.41) is 10.0. The Morgan fingerprint density at radius 3 is 2.40 bits per heavy atom. The molecule has 0 N–H and O–H groups in total. The van der Waals surface area contributed by atoms with Gasteiger partial charge in [-0.3, -0.25) is 0 Å². The fourth-order valence-corrected chi connectivity index (χ4v) is 1.02. The van der Waals surface area contributed by atoms with Gasteiger partial charge in [-0.1, -0.05) is 0 Å². The van der Waals surface area contributed by atoms with Crippen LogP contribution in [0.3, 0.4) is 0 Å². The van der Waals surface area contributed by atoms with E-state index in [-0.39, 0.29) is 18.9 Å². The van der Waals surface area contributed by atoms with Crippen LogP contribution in [0.1, 0.15) is 5.69 Å². The zero-order valence-electron chi connectivity index (χ0n) is 7.43. The number of halogens is 4. The van der Waals surface area contributed by atoms with Crippen molar-refractivity contribution in [1.82, 2.24) is 4.98 Å². The van der Waals surface area contributed by atoms with Crippen LogP contribution in [0.4, 0.5) is 13.2 Å². The van der Waals surface area contributed by atoms with E-state index in [9.17, 15) is 23.1 Å². The Morgan fingerprint density at radius 2 is 2.00 bits per heavy atom. The van der Waals surface area contributed by atoms with Crippen LogP contribution in [0.25, 0.3) is 0 Å². The molecule has 1 heterocycles. The number of rotatable bonds is 2. The second-order valence-electron chi connectivity index (χ2n) is 2.33. The Labute approximate surface area is 103 Å². The number of pyridine rings is 1. The first-order valence-corrected chi connectivity index (χ1v) is 4.07. The summed E-state index contributed by atoms with van der Waals surface area (Å²) in [5.41, 5.74) is -1.08. The molecular formula is C7H2BrF3LiNO2. The molecule has 0 atom stereocenters. The molecular weight excluding hydrogens is 274 g/mol. The second kappa shape index (κ2) is 5.01. The van der Waals surface area contributed by atoms with Gasteiger partial charge >= 0.3 is 24.8 Å². The second-order valence-corrected chi connectivity index (χ2v) is 3.08. The van der Waals surface area contributed by atoms with E-state index >= 15 is 0 Å². The van der Waals surface area contributed by atoms with E-state index in [0.29, 0.717) is 12.1 Å². The van der Waals surface area contributed by atoms with Crippen LogP contribution >= 0.6 is 15.9 Å². The van der Waals surface area contributed by atoms with Crippen LogP contribution < -0.4 is 24.0 Å². The summed E-state index contributed by atoms with van der Waals surface area (Å²) in [6.07, 6.45) is 0. The van der Waals surface area contributed by atoms with E-state index in [4.69, 9.17) is 0 Å². The predicted octanol–water partition coefficient (Wildman–Crippen LogP) is -2.17. The number of carbonyl (C=O) groups excluding carboxylic acids is 1. The predicted molar refractivity (Wildman–Crippen MR) is 40.8 cm³/mol. The maximum atomic E-state index is 12.7. The summed E-state index contributed by atoms with van der Waals surface area (Å²) >= 11 is 2.55. The molecule has 1 aromatic heterocycles. The number of nitrogens with zero attached hydrogens (tertiary/aromatic N) is 1. The third kappa shape index (κ3) is 2.97. The van der Waals surface area contributed by atoms with E-state index in [2.05, 4.69) is 20.9 Å². The van der Waals surface area contributed by atoms with Gasteiger partial charge in [-0.25, -0.2) is 9.37 Å². The molecule has 15 heavy (non-hydrogen) atoms. The van der Waals surface area contributed by atoms with Gasteiger partial charge in [0, 0.05) is 0 Å². The van der Waals surface area contributed by atoms with Gasteiger partial charge in [-0.05, 0) is 28.1 Å². The van der Waals surface area contributed by atoms with Crippen LogP contribution in [0, 0.1) is 5.82 Å². The normalized spacial score (nSPS) is 10.7. The molecule has 0 bridgehead atoms. The molecule has 0 aliphatic carbocycles. The van der Waals surface area contributed by atoms with Crippen molar-refractivity contribution in [2.75, 3.05) is 0 Å². The topological polar surface area (TPSA) is 53.0 Å². The van der Waals surface area contributed by atoms with Crippen molar-refractivity contribution in [3.8, 4) is 0 Å². The first-order chi connectivity index (χ1) is 6.35. The van der Waals surface area contributed by atoms with E-state index in [1.807, 2.05) is 0 Å². The number of alkyl halides is 2. The number of hydrogen-bond donors (Lipinski definition) is 0. The average molecular weight is 276 g/mol. The Kier molecular flexibility index (Phi) is 4.84. The molecule has 0 unspecified atom stereocenters. The fraction of sp³-hybridized carbons (Fsp3) is 0.143. The average Bonchev–Trinajstić information content (AvgIpc) is 2.09. The first kappa shape index (κ1) is 14.5. The van der Waals surface area contributed by atoms with Crippen molar-refractivity contribution in [3.05, 3.63) is 28.2 Å². The number of aliphatic carboxylic acids is 1. The molecule has 8 heteroatoms. The summed E-state index contributed by atoms with van der Waals surface area (Å²) in [5.74, 6) is -7.66. The third-order valence-electron chi connectivity index (χ3n) is 1.38. The van der Waals surface area contributed by atoms with Crippen LogP contribution in [0.15, 0.2) is 16.7 Å². The summed E-state index contributed by atoms with van der Waals surface area (Å²) < 4.78 is 37.5. The third-order valence-corrected chi connectivity index (χ3v) is 1.94. The summed E-state index contributed by atoms with van der Waals surface area (Å²) in [6.45, 7) is 0. The van der Waals surface area contributed by atoms with Crippen LogP contribution in [0.2, 0.25) is 0 Å². The van der Waals surface area contributed by atoms with Crippen molar-refractivity contribution >= 4 is 21.9 Å². The molecule has 0 saturated heterocycles. The monoisotopic (exact) mass is 275 g/mol. The number of hydrogen-bond acceptors (Lipinski definition) is 3. The maximum Gasteiger partial charge on any atom is 1.00 e. The van der Waals surface area contributed by atoms with Gasteiger partial charge < -0.3 is 9.90 Å². The first-order valence-electron chi connectivity index (χ1n) is 3.27. The Hall–Kier alpha value is -0.513. The molecule has 0 aromatic carbocycles. The van der Waals surface area contributed by atoms with Gasteiger partial charge in [0.15, 0.2) is 5.82 Å². The zero-order valence-corrected chi connectivity index (χ0v) is 9.02. The molecule has 1 aromatic rings. The number of carboxylic acids is 1. The molecule has 0 radical (unpaired) electrons. The molecule has 0 aliphatic heterocycles. The molecule has 0 fully saturated rings. The van der Waals surface area contributed by atoms with Crippen molar-refractivity contribution in [1.29, 1.82) is 0 Å². The number of carbonyl (C=O) groups is 1. The van der Waals surface area contributed by atoms with Gasteiger partial charge in [0.25, 0.3) is 0 Å². The Balaban J connectivity index is 0.00000196. The fourth-order valence-electron chi connectivity index (χ4n) is 0.697. The van der Waals surface area contributed by atoms with Crippen molar-refractivity contribution in [3.63, 3.8) is 0 Å². The smallest absolute Gasteiger partial charge is 0.544 e. The van der Waals surface area contributed by atoms with E-state index in [0.717, 1.165) is 0 Å². The molecule has 0 spiro atoms. The van der Waals surface area contributed by atoms with Gasteiger partial charge in [0.2, 0.25) is 0 Å². The van der Waals surface area contributed by atoms with Gasteiger partial charge in [0.1, 0.15) is 16.3 Å². The standard InChI is InChI=1S/C7H3BrF3NO2.Li/c8-5-3(9)1-2-4(12-5)7(10,11)6(13)14;/h1-2H,(H,13,14);/q;+1/p-1. The SMILES string of the molecule is O=C([O-])C(F)(F)c1ccc(F)c(Br)n1.[Li+]. The maximum absolute atomic E-state index is 12.7. The molecule has 76 valence electrons.